The molecule has 0 aliphatic carbocycles. The zero-order chi connectivity index (χ0) is 12.3. The van der Waals surface area contributed by atoms with Crippen LogP contribution in [0.5, 0.6) is 0 Å². The van der Waals surface area contributed by atoms with Gasteiger partial charge in [-0.3, -0.25) is 4.79 Å². The lowest BCUT2D eigenvalue weighted by atomic mass is 9.99. The second-order valence-corrected chi connectivity index (χ2v) is 4.02. The van der Waals surface area contributed by atoms with Crippen LogP contribution in [0.3, 0.4) is 0 Å². The predicted molar refractivity (Wildman–Crippen MR) is 70.0 cm³/mol. The summed E-state index contributed by atoms with van der Waals surface area (Å²) >= 11 is 0. The van der Waals surface area contributed by atoms with Crippen molar-refractivity contribution in [1.82, 2.24) is 0 Å². The van der Waals surface area contributed by atoms with Gasteiger partial charge in [0.25, 0.3) is 0 Å². The topological polar surface area (TPSA) is 37.3 Å². The molecule has 0 aromatic heterocycles. The van der Waals surface area contributed by atoms with E-state index in [1.807, 2.05) is 24.3 Å². The van der Waals surface area contributed by atoms with E-state index in [0.717, 1.165) is 5.56 Å². The first-order chi connectivity index (χ1) is 8.18. The minimum Gasteiger partial charge on any atom is -0.481 e. The van der Waals surface area contributed by atoms with Crippen LogP contribution in [0.15, 0.2) is 42.5 Å². The molecule has 0 aliphatic heterocycles. The van der Waals surface area contributed by atoms with E-state index in [-0.39, 0.29) is 6.42 Å². The second-order valence-electron chi connectivity index (χ2n) is 4.02. The Kier molecular flexibility index (Phi) is 3.24. The quantitative estimate of drug-likeness (QED) is 0.867. The number of rotatable bonds is 3. The van der Waals surface area contributed by atoms with Gasteiger partial charge in [0.15, 0.2) is 0 Å². The summed E-state index contributed by atoms with van der Waals surface area (Å²) in [5.74, 6) is -0.807. The summed E-state index contributed by atoms with van der Waals surface area (Å²) in [5.41, 5.74) is 2.28. The van der Waals surface area contributed by atoms with E-state index in [0.29, 0.717) is 0 Å². The van der Waals surface area contributed by atoms with E-state index >= 15 is 0 Å². The van der Waals surface area contributed by atoms with E-state index in [4.69, 9.17) is 5.11 Å². The van der Waals surface area contributed by atoms with Crippen LogP contribution in [0.2, 0.25) is 0 Å². The Morgan fingerprint density at radius 3 is 2.65 bits per heavy atom. The molecule has 86 valence electrons. The van der Waals surface area contributed by atoms with Crippen molar-refractivity contribution in [2.24, 2.45) is 0 Å². The number of carboxylic acids is 1. The summed E-state index contributed by atoms with van der Waals surface area (Å²) < 4.78 is 0. The van der Waals surface area contributed by atoms with Gasteiger partial charge in [-0.15, -0.1) is 0 Å². The molecule has 0 radical (unpaired) electrons. The minimum atomic E-state index is -0.807. The fourth-order valence-corrected chi connectivity index (χ4v) is 1.99. The molecule has 2 heteroatoms. The Bertz CT molecular complexity index is 577. The lowest BCUT2D eigenvalue weighted by Gasteiger charge is -2.05. The van der Waals surface area contributed by atoms with Gasteiger partial charge in [-0.25, -0.2) is 0 Å². The Morgan fingerprint density at radius 1 is 1.24 bits per heavy atom. The number of aryl methyl sites for hydroxylation is 1. The first-order valence-electron chi connectivity index (χ1n) is 5.55. The predicted octanol–water partition coefficient (Wildman–Crippen LogP) is 3.64. The van der Waals surface area contributed by atoms with Crippen LogP contribution in [0.25, 0.3) is 16.8 Å². The SMILES string of the molecule is Cc1cccc2cccc(/C=C/CC(=O)O)c12. The number of carboxylic acid groups (broad SMARTS) is 1. The number of hydrogen-bond donors (Lipinski definition) is 1. The van der Waals surface area contributed by atoms with Gasteiger partial charge >= 0.3 is 5.97 Å². The zero-order valence-electron chi connectivity index (χ0n) is 9.68. The summed E-state index contributed by atoms with van der Waals surface area (Å²) in [7, 11) is 0. The van der Waals surface area contributed by atoms with Crippen LogP contribution in [-0.2, 0) is 4.79 Å². The van der Waals surface area contributed by atoms with E-state index in [1.54, 1.807) is 6.08 Å². The first-order valence-corrected chi connectivity index (χ1v) is 5.55. The smallest absolute Gasteiger partial charge is 0.307 e. The number of hydrogen-bond acceptors (Lipinski definition) is 1. The minimum absolute atomic E-state index is 0.0578. The van der Waals surface area contributed by atoms with Gasteiger partial charge in [0.1, 0.15) is 0 Å². The number of carbonyl (C=O) groups is 1. The highest BCUT2D eigenvalue weighted by atomic mass is 16.4. The Morgan fingerprint density at radius 2 is 1.94 bits per heavy atom. The third kappa shape index (κ3) is 2.53. The van der Waals surface area contributed by atoms with Crippen molar-refractivity contribution in [2.45, 2.75) is 13.3 Å². The maximum absolute atomic E-state index is 10.5. The molecule has 0 bridgehead atoms. The average Bonchev–Trinajstić information content (AvgIpc) is 2.29. The van der Waals surface area contributed by atoms with E-state index < -0.39 is 5.97 Å². The molecule has 0 saturated heterocycles. The van der Waals surface area contributed by atoms with Gasteiger partial charge in [-0.2, -0.15) is 0 Å². The molecule has 0 amide bonds. The molecular formula is C15H14O2. The van der Waals surface area contributed by atoms with Crippen LogP contribution in [0.1, 0.15) is 17.5 Å². The summed E-state index contributed by atoms with van der Waals surface area (Å²) in [4.78, 5) is 10.5. The molecule has 0 atom stereocenters. The lowest BCUT2D eigenvalue weighted by molar-refractivity contribution is -0.135. The Hall–Kier alpha value is -2.09. The van der Waals surface area contributed by atoms with Gasteiger partial charge in [0.05, 0.1) is 6.42 Å². The van der Waals surface area contributed by atoms with E-state index in [9.17, 15) is 4.79 Å². The number of benzene rings is 2. The molecule has 1 N–H and O–H groups in total. The van der Waals surface area contributed by atoms with E-state index in [1.165, 1.54) is 16.3 Å². The molecular weight excluding hydrogens is 212 g/mol. The largest absolute Gasteiger partial charge is 0.481 e. The monoisotopic (exact) mass is 226 g/mol. The fourth-order valence-electron chi connectivity index (χ4n) is 1.99. The van der Waals surface area contributed by atoms with Crippen molar-refractivity contribution < 1.29 is 9.90 Å². The second kappa shape index (κ2) is 4.83. The van der Waals surface area contributed by atoms with Crippen molar-refractivity contribution in [3.63, 3.8) is 0 Å². The molecule has 0 heterocycles. The van der Waals surface area contributed by atoms with Crippen LogP contribution in [0, 0.1) is 6.92 Å². The third-order valence-electron chi connectivity index (χ3n) is 2.74. The highest BCUT2D eigenvalue weighted by Crippen LogP contribution is 2.23. The Labute approximate surface area is 100 Å². The van der Waals surface area contributed by atoms with E-state index in [2.05, 4.69) is 25.1 Å². The van der Waals surface area contributed by atoms with Gasteiger partial charge in [0.2, 0.25) is 0 Å². The van der Waals surface area contributed by atoms with Gasteiger partial charge < -0.3 is 5.11 Å². The first kappa shape index (κ1) is 11.4. The van der Waals surface area contributed by atoms with Gasteiger partial charge in [0, 0.05) is 0 Å². The summed E-state index contributed by atoms with van der Waals surface area (Å²) in [6.07, 6.45) is 3.62. The van der Waals surface area contributed by atoms with Gasteiger partial charge in [-0.1, -0.05) is 48.6 Å². The molecule has 0 spiro atoms. The van der Waals surface area contributed by atoms with Crippen molar-refractivity contribution in [1.29, 1.82) is 0 Å². The lowest BCUT2D eigenvalue weighted by Crippen LogP contribution is -1.90. The summed E-state index contributed by atoms with van der Waals surface area (Å²) in [5, 5.41) is 11.0. The van der Waals surface area contributed by atoms with Crippen molar-refractivity contribution in [2.75, 3.05) is 0 Å². The number of fused-ring (bicyclic) bond motifs is 1. The molecule has 2 aromatic carbocycles. The maximum atomic E-state index is 10.5. The highest BCUT2D eigenvalue weighted by Gasteiger charge is 2.00. The van der Waals surface area contributed by atoms with Crippen LogP contribution in [0.4, 0.5) is 0 Å². The highest BCUT2D eigenvalue weighted by molar-refractivity contribution is 5.93. The van der Waals surface area contributed by atoms with Crippen LogP contribution >= 0.6 is 0 Å². The van der Waals surface area contributed by atoms with Crippen LogP contribution < -0.4 is 0 Å². The molecule has 0 fully saturated rings. The normalized spacial score (nSPS) is 11.1. The molecule has 0 unspecified atom stereocenters. The molecule has 2 aromatic rings. The summed E-state index contributed by atoms with van der Waals surface area (Å²) in [6.45, 7) is 2.07. The van der Waals surface area contributed by atoms with Crippen molar-refractivity contribution in [3.8, 4) is 0 Å². The molecule has 17 heavy (non-hydrogen) atoms. The summed E-state index contributed by atoms with van der Waals surface area (Å²) in [6, 6.07) is 12.2. The standard InChI is InChI=1S/C15H14O2/c1-11-5-2-6-12-7-3-8-13(15(11)12)9-4-10-14(16)17/h2-9H,10H2,1H3,(H,16,17)/b9-4+. The molecule has 0 saturated carbocycles. The van der Waals surface area contributed by atoms with Gasteiger partial charge in [-0.05, 0) is 28.8 Å². The molecule has 2 nitrogen and oxygen atoms in total. The molecule has 0 aliphatic rings. The Balaban J connectivity index is 2.47. The third-order valence-corrected chi connectivity index (χ3v) is 2.74. The zero-order valence-corrected chi connectivity index (χ0v) is 9.68. The van der Waals surface area contributed by atoms with Crippen LogP contribution in [-0.4, -0.2) is 11.1 Å². The van der Waals surface area contributed by atoms with Crippen molar-refractivity contribution >= 4 is 22.8 Å². The fraction of sp³-hybridized carbons (Fsp3) is 0.133. The molecule has 2 rings (SSSR count). The average molecular weight is 226 g/mol. The maximum Gasteiger partial charge on any atom is 0.307 e. The van der Waals surface area contributed by atoms with Crippen molar-refractivity contribution in [3.05, 3.63) is 53.6 Å². The number of aliphatic carboxylic acids is 1.